The Morgan fingerprint density at radius 3 is 2.06 bits per heavy atom. The van der Waals surface area contributed by atoms with Crippen molar-refractivity contribution in [2.24, 2.45) is 11.5 Å². The molecule has 34 heavy (non-hydrogen) atoms. The SMILES string of the molecule is COc1ccc(C=C(C#N)c2cc(OC)c(OC)c(OC)c2)cc1N.CSCC[C@H](N)C(N)=O. The largest absolute Gasteiger partial charge is 0.495 e. The van der Waals surface area contributed by atoms with Gasteiger partial charge in [-0.15, -0.1) is 0 Å². The summed E-state index contributed by atoms with van der Waals surface area (Å²) in [5, 5.41) is 9.58. The predicted molar refractivity (Wildman–Crippen MR) is 137 cm³/mol. The van der Waals surface area contributed by atoms with Gasteiger partial charge >= 0.3 is 0 Å². The maximum Gasteiger partial charge on any atom is 0.234 e. The van der Waals surface area contributed by atoms with E-state index in [2.05, 4.69) is 6.07 Å². The van der Waals surface area contributed by atoms with Crippen LogP contribution in [0.4, 0.5) is 5.69 Å². The molecule has 10 heteroatoms. The quantitative estimate of drug-likeness (QED) is 0.260. The average molecular weight is 489 g/mol. The standard InChI is InChI=1S/C19H20N2O4.C5H12N2OS/c1-22-16-6-5-12(8-15(16)21)7-14(11-20)13-9-17(23-2)19(25-4)18(10-13)24-3;1-9-3-2-4(6)5(7)8/h5-10H,21H2,1-4H3;4H,2-3,6H2,1H3,(H2,7,8)/t;4-/m.0/s1. The summed E-state index contributed by atoms with van der Waals surface area (Å²) in [5.41, 5.74) is 18.5. The highest BCUT2D eigenvalue weighted by Crippen LogP contribution is 2.40. The van der Waals surface area contributed by atoms with Gasteiger partial charge in [-0.3, -0.25) is 4.79 Å². The number of carbonyl (C=O) groups excluding carboxylic acids is 1. The third kappa shape index (κ3) is 8.10. The fraction of sp³-hybridized carbons (Fsp3) is 0.333. The summed E-state index contributed by atoms with van der Waals surface area (Å²) < 4.78 is 21.1. The van der Waals surface area contributed by atoms with Gasteiger partial charge in [0.15, 0.2) is 11.5 Å². The minimum Gasteiger partial charge on any atom is -0.495 e. The number of nitriles is 1. The Bertz CT molecular complexity index is 1010. The number of thioether (sulfide) groups is 1. The smallest absolute Gasteiger partial charge is 0.234 e. The van der Waals surface area contributed by atoms with E-state index in [0.29, 0.717) is 46.2 Å². The van der Waals surface area contributed by atoms with Crippen LogP contribution in [0, 0.1) is 11.3 Å². The Morgan fingerprint density at radius 1 is 1.06 bits per heavy atom. The molecule has 1 amide bonds. The second-order valence-corrected chi connectivity index (χ2v) is 7.86. The lowest BCUT2D eigenvalue weighted by Crippen LogP contribution is -2.36. The number of anilines is 1. The maximum atomic E-state index is 10.3. The Hall–Kier alpha value is -3.55. The first-order chi connectivity index (χ1) is 16.3. The summed E-state index contributed by atoms with van der Waals surface area (Å²) in [6, 6.07) is 10.5. The van der Waals surface area contributed by atoms with Crippen LogP contribution in [0.15, 0.2) is 30.3 Å². The first kappa shape index (κ1) is 28.5. The first-order valence-corrected chi connectivity index (χ1v) is 11.5. The summed E-state index contributed by atoms with van der Waals surface area (Å²) in [7, 11) is 6.14. The second-order valence-electron chi connectivity index (χ2n) is 6.88. The monoisotopic (exact) mass is 488 g/mol. The molecule has 0 aliphatic heterocycles. The number of allylic oxidation sites excluding steroid dienone is 1. The van der Waals surface area contributed by atoms with Crippen molar-refractivity contribution >= 4 is 35.0 Å². The Labute approximate surface area is 204 Å². The molecule has 1 atom stereocenters. The van der Waals surface area contributed by atoms with Crippen molar-refractivity contribution in [2.45, 2.75) is 12.5 Å². The number of nitrogen functional groups attached to an aromatic ring is 1. The molecule has 0 heterocycles. The van der Waals surface area contributed by atoms with E-state index < -0.39 is 11.9 Å². The molecule has 0 aliphatic carbocycles. The number of amides is 1. The number of hydrogen-bond acceptors (Lipinski definition) is 9. The van der Waals surface area contributed by atoms with Gasteiger partial charge in [0.2, 0.25) is 11.7 Å². The minimum atomic E-state index is -0.461. The molecule has 0 aliphatic rings. The predicted octanol–water partition coefficient (Wildman–Crippen LogP) is 2.92. The number of nitrogens with zero attached hydrogens (tertiary/aromatic N) is 1. The molecule has 2 aromatic rings. The minimum absolute atomic E-state index is 0.413. The van der Waals surface area contributed by atoms with Gasteiger partial charge in [-0.2, -0.15) is 17.0 Å². The number of hydrogen-bond donors (Lipinski definition) is 3. The lowest BCUT2D eigenvalue weighted by atomic mass is 10.0. The summed E-state index contributed by atoms with van der Waals surface area (Å²) in [4.78, 5) is 10.3. The van der Waals surface area contributed by atoms with E-state index in [-0.39, 0.29) is 0 Å². The van der Waals surface area contributed by atoms with Gasteiger partial charge in [0.25, 0.3) is 0 Å². The molecule has 0 saturated carbocycles. The highest BCUT2D eigenvalue weighted by molar-refractivity contribution is 7.98. The summed E-state index contributed by atoms with van der Waals surface area (Å²) in [6.45, 7) is 0. The zero-order valence-electron chi connectivity index (χ0n) is 20.1. The van der Waals surface area contributed by atoms with Gasteiger partial charge in [0, 0.05) is 0 Å². The van der Waals surface area contributed by atoms with E-state index in [9.17, 15) is 10.1 Å². The van der Waals surface area contributed by atoms with Crippen molar-refractivity contribution < 1.29 is 23.7 Å². The molecule has 2 rings (SSSR count). The molecule has 6 N–H and O–H groups in total. The lowest BCUT2D eigenvalue weighted by molar-refractivity contribution is -0.119. The normalized spacial score (nSPS) is 11.4. The van der Waals surface area contributed by atoms with Crippen LogP contribution in [0.25, 0.3) is 11.6 Å². The van der Waals surface area contributed by atoms with Crippen LogP contribution in [-0.4, -0.2) is 52.4 Å². The number of nitrogens with two attached hydrogens (primary N) is 3. The number of benzene rings is 2. The van der Waals surface area contributed by atoms with E-state index >= 15 is 0 Å². The number of rotatable bonds is 10. The maximum absolute atomic E-state index is 10.3. The van der Waals surface area contributed by atoms with Gasteiger partial charge in [0.1, 0.15) is 5.75 Å². The molecule has 0 unspecified atom stereocenters. The zero-order chi connectivity index (χ0) is 25.7. The van der Waals surface area contributed by atoms with Gasteiger partial charge in [-0.05, 0) is 59.9 Å². The average Bonchev–Trinajstić information content (AvgIpc) is 2.85. The number of carbonyl (C=O) groups is 1. The molecule has 0 aromatic heterocycles. The van der Waals surface area contributed by atoms with Crippen molar-refractivity contribution in [1.29, 1.82) is 5.26 Å². The molecule has 0 radical (unpaired) electrons. The molecular formula is C24H32N4O5S. The highest BCUT2D eigenvalue weighted by Gasteiger charge is 2.15. The third-order valence-corrected chi connectivity index (χ3v) is 5.30. The summed E-state index contributed by atoms with van der Waals surface area (Å²) in [6.07, 6.45) is 4.38. The lowest BCUT2D eigenvalue weighted by Gasteiger charge is -2.14. The molecule has 184 valence electrons. The van der Waals surface area contributed by atoms with Crippen molar-refractivity contribution in [3.05, 3.63) is 41.5 Å². The van der Waals surface area contributed by atoms with Gasteiger partial charge in [-0.1, -0.05) is 6.07 Å². The Kier molecular flexibility index (Phi) is 12.2. The molecular weight excluding hydrogens is 456 g/mol. The molecule has 2 aromatic carbocycles. The van der Waals surface area contributed by atoms with Crippen LogP contribution in [-0.2, 0) is 4.79 Å². The van der Waals surface area contributed by atoms with Crippen molar-refractivity contribution in [1.82, 2.24) is 0 Å². The van der Waals surface area contributed by atoms with Crippen LogP contribution < -0.4 is 36.1 Å². The van der Waals surface area contributed by atoms with Crippen LogP contribution in [0.5, 0.6) is 23.0 Å². The van der Waals surface area contributed by atoms with E-state index in [0.717, 1.165) is 11.3 Å². The molecule has 0 bridgehead atoms. The van der Waals surface area contributed by atoms with Gasteiger partial charge < -0.3 is 36.1 Å². The third-order valence-electron chi connectivity index (χ3n) is 4.66. The Balaban J connectivity index is 0.000000546. The Morgan fingerprint density at radius 2 is 1.65 bits per heavy atom. The van der Waals surface area contributed by atoms with E-state index in [1.807, 2.05) is 12.3 Å². The van der Waals surface area contributed by atoms with E-state index in [1.54, 1.807) is 49.2 Å². The zero-order valence-corrected chi connectivity index (χ0v) is 20.9. The van der Waals surface area contributed by atoms with Crippen LogP contribution in [0.3, 0.4) is 0 Å². The van der Waals surface area contributed by atoms with Crippen molar-refractivity contribution in [3.63, 3.8) is 0 Å². The number of primary amides is 1. The van der Waals surface area contributed by atoms with Gasteiger partial charge in [-0.25, -0.2) is 0 Å². The molecule has 0 saturated heterocycles. The van der Waals surface area contributed by atoms with E-state index in [4.69, 9.17) is 36.1 Å². The fourth-order valence-electron chi connectivity index (χ4n) is 2.81. The summed E-state index contributed by atoms with van der Waals surface area (Å²) in [5.74, 6) is 2.50. The first-order valence-electron chi connectivity index (χ1n) is 10.2. The highest BCUT2D eigenvalue weighted by atomic mass is 32.2. The van der Waals surface area contributed by atoms with Crippen LogP contribution >= 0.6 is 11.8 Å². The number of methoxy groups -OCH3 is 4. The van der Waals surface area contributed by atoms with Crippen LogP contribution in [0.2, 0.25) is 0 Å². The topological polar surface area (TPSA) is 156 Å². The van der Waals surface area contributed by atoms with Gasteiger partial charge in [0.05, 0.1) is 51.8 Å². The van der Waals surface area contributed by atoms with Crippen molar-refractivity contribution in [3.8, 4) is 29.1 Å². The number of ether oxygens (including phenoxy) is 4. The molecule has 9 nitrogen and oxygen atoms in total. The fourth-order valence-corrected chi connectivity index (χ4v) is 3.30. The van der Waals surface area contributed by atoms with E-state index in [1.165, 1.54) is 21.3 Å². The summed E-state index contributed by atoms with van der Waals surface area (Å²) >= 11 is 1.66. The molecule has 0 fully saturated rings. The van der Waals surface area contributed by atoms with Crippen LogP contribution in [0.1, 0.15) is 17.5 Å². The second kappa shape index (κ2) is 14.6. The molecule has 0 spiro atoms. The van der Waals surface area contributed by atoms with Crippen molar-refractivity contribution in [2.75, 3.05) is 46.2 Å².